The van der Waals surface area contributed by atoms with Crippen molar-refractivity contribution in [3.05, 3.63) is 11.6 Å². The zero-order valence-corrected chi connectivity index (χ0v) is 9.09. The lowest BCUT2D eigenvalue weighted by Gasteiger charge is -2.02. The molecule has 0 aromatic carbocycles. The Hall–Kier alpha value is -1.40. The SMILES string of the molecule is Nc1nc(Cl)nc2c1ncn2[C@H]1C[C@@H]1CO. The monoisotopic (exact) mass is 239 g/mol. The van der Waals surface area contributed by atoms with Crippen LogP contribution in [0.4, 0.5) is 5.82 Å². The van der Waals surface area contributed by atoms with Gasteiger partial charge in [-0.1, -0.05) is 0 Å². The Morgan fingerprint density at radius 3 is 3.06 bits per heavy atom. The van der Waals surface area contributed by atoms with E-state index in [2.05, 4.69) is 15.0 Å². The molecule has 2 aromatic heterocycles. The van der Waals surface area contributed by atoms with Gasteiger partial charge in [0.15, 0.2) is 11.5 Å². The van der Waals surface area contributed by atoms with Crippen molar-refractivity contribution in [3.63, 3.8) is 0 Å². The minimum atomic E-state index is 0.118. The quantitative estimate of drug-likeness (QED) is 0.750. The molecule has 1 aliphatic carbocycles. The molecule has 84 valence electrons. The Morgan fingerprint density at radius 1 is 1.56 bits per heavy atom. The molecule has 0 aliphatic heterocycles. The molecule has 1 aliphatic rings. The minimum Gasteiger partial charge on any atom is -0.396 e. The third kappa shape index (κ3) is 1.34. The summed E-state index contributed by atoms with van der Waals surface area (Å²) in [7, 11) is 0. The number of nitrogen functional groups attached to an aromatic ring is 1. The predicted octanol–water partition coefficient (Wildman–Crippen LogP) is 0.615. The van der Waals surface area contributed by atoms with Crippen LogP contribution in [0.2, 0.25) is 5.28 Å². The predicted molar refractivity (Wildman–Crippen MR) is 59.0 cm³/mol. The van der Waals surface area contributed by atoms with Crippen molar-refractivity contribution < 1.29 is 5.11 Å². The van der Waals surface area contributed by atoms with Crippen LogP contribution >= 0.6 is 11.6 Å². The number of fused-ring (bicyclic) bond motifs is 1. The van der Waals surface area contributed by atoms with Gasteiger partial charge in [0.25, 0.3) is 0 Å². The number of anilines is 1. The van der Waals surface area contributed by atoms with Crippen molar-refractivity contribution in [1.29, 1.82) is 0 Å². The van der Waals surface area contributed by atoms with Gasteiger partial charge >= 0.3 is 0 Å². The molecule has 3 N–H and O–H groups in total. The lowest BCUT2D eigenvalue weighted by atomic mass is 10.4. The molecule has 3 rings (SSSR count). The van der Waals surface area contributed by atoms with E-state index in [9.17, 15) is 0 Å². The summed E-state index contributed by atoms with van der Waals surface area (Å²) < 4.78 is 1.90. The molecule has 0 unspecified atom stereocenters. The van der Waals surface area contributed by atoms with Crippen molar-refractivity contribution in [2.45, 2.75) is 12.5 Å². The van der Waals surface area contributed by atoms with Gasteiger partial charge in [-0.25, -0.2) is 4.98 Å². The van der Waals surface area contributed by atoms with E-state index >= 15 is 0 Å². The van der Waals surface area contributed by atoms with E-state index < -0.39 is 0 Å². The van der Waals surface area contributed by atoms with Gasteiger partial charge in [0.2, 0.25) is 5.28 Å². The molecule has 16 heavy (non-hydrogen) atoms. The van der Waals surface area contributed by atoms with Gasteiger partial charge in [0, 0.05) is 18.6 Å². The normalized spacial score (nSPS) is 23.9. The van der Waals surface area contributed by atoms with Crippen LogP contribution in [0.3, 0.4) is 0 Å². The molecule has 2 atom stereocenters. The molecule has 0 saturated heterocycles. The standard InChI is InChI=1S/C9H10ClN5O/c10-9-13-7(11)6-8(14-9)15(3-12-6)5-1-4(5)2-16/h3-5,16H,1-2H2,(H2,11,13,14)/t4-,5+/m1/s1. The fraction of sp³-hybridized carbons (Fsp3) is 0.444. The third-order valence-electron chi connectivity index (χ3n) is 2.90. The highest BCUT2D eigenvalue weighted by Crippen LogP contribution is 2.44. The summed E-state index contributed by atoms with van der Waals surface area (Å²) in [5.41, 5.74) is 6.90. The maximum Gasteiger partial charge on any atom is 0.226 e. The number of aliphatic hydroxyl groups is 1. The highest BCUT2D eigenvalue weighted by atomic mass is 35.5. The highest BCUT2D eigenvalue weighted by molar-refractivity contribution is 6.28. The van der Waals surface area contributed by atoms with Crippen LogP contribution in [0.1, 0.15) is 12.5 Å². The van der Waals surface area contributed by atoms with E-state index in [0.29, 0.717) is 11.2 Å². The topological polar surface area (TPSA) is 89.9 Å². The number of imidazole rings is 1. The first-order chi connectivity index (χ1) is 7.70. The second kappa shape index (κ2) is 3.29. The molecule has 1 fully saturated rings. The first-order valence-electron chi connectivity index (χ1n) is 4.97. The van der Waals surface area contributed by atoms with Crippen LogP contribution in [0, 0.1) is 5.92 Å². The molecule has 0 bridgehead atoms. The molecule has 0 amide bonds. The van der Waals surface area contributed by atoms with Gasteiger partial charge < -0.3 is 15.4 Å². The Balaban J connectivity index is 2.13. The second-order valence-corrected chi connectivity index (χ2v) is 4.29. The van der Waals surface area contributed by atoms with E-state index in [1.54, 1.807) is 6.33 Å². The zero-order chi connectivity index (χ0) is 11.3. The number of nitrogens with zero attached hydrogens (tertiary/aromatic N) is 4. The average molecular weight is 240 g/mol. The summed E-state index contributed by atoms with van der Waals surface area (Å²) in [6.45, 7) is 0.179. The largest absolute Gasteiger partial charge is 0.396 e. The summed E-state index contributed by atoms with van der Waals surface area (Å²) in [5, 5.41) is 9.16. The van der Waals surface area contributed by atoms with E-state index in [1.807, 2.05) is 4.57 Å². The number of nitrogens with two attached hydrogens (primary N) is 1. The minimum absolute atomic E-state index is 0.118. The first-order valence-corrected chi connectivity index (χ1v) is 5.35. The Bertz CT molecular complexity index is 554. The molecule has 2 heterocycles. The van der Waals surface area contributed by atoms with Crippen molar-refractivity contribution in [2.24, 2.45) is 5.92 Å². The van der Waals surface area contributed by atoms with E-state index in [0.717, 1.165) is 6.42 Å². The van der Waals surface area contributed by atoms with Gasteiger partial charge in [-0.05, 0) is 18.0 Å². The Morgan fingerprint density at radius 2 is 2.38 bits per heavy atom. The Kier molecular flexibility index (Phi) is 2.02. The number of hydrogen-bond donors (Lipinski definition) is 2. The molecule has 0 radical (unpaired) electrons. The molecule has 2 aromatic rings. The third-order valence-corrected chi connectivity index (χ3v) is 3.07. The number of aromatic nitrogens is 4. The van der Waals surface area contributed by atoms with Gasteiger partial charge in [-0.15, -0.1) is 0 Å². The van der Waals surface area contributed by atoms with Crippen LogP contribution in [0.25, 0.3) is 11.2 Å². The van der Waals surface area contributed by atoms with E-state index in [-0.39, 0.29) is 29.7 Å². The molecular formula is C9H10ClN5O. The molecule has 0 spiro atoms. The summed E-state index contributed by atoms with van der Waals surface area (Å²) in [6, 6.07) is 0.250. The summed E-state index contributed by atoms with van der Waals surface area (Å²) in [5.74, 6) is 0.572. The van der Waals surface area contributed by atoms with Crippen molar-refractivity contribution in [2.75, 3.05) is 12.3 Å². The summed E-state index contributed by atoms with van der Waals surface area (Å²) in [4.78, 5) is 12.1. The molecule has 7 heteroatoms. The van der Waals surface area contributed by atoms with Gasteiger partial charge in [-0.2, -0.15) is 9.97 Å². The zero-order valence-electron chi connectivity index (χ0n) is 8.34. The van der Waals surface area contributed by atoms with Crippen LogP contribution in [-0.4, -0.2) is 31.2 Å². The van der Waals surface area contributed by atoms with Crippen molar-refractivity contribution in [1.82, 2.24) is 19.5 Å². The van der Waals surface area contributed by atoms with Gasteiger partial charge in [-0.3, -0.25) is 0 Å². The van der Waals surface area contributed by atoms with Crippen molar-refractivity contribution >= 4 is 28.6 Å². The van der Waals surface area contributed by atoms with E-state index in [1.165, 1.54) is 0 Å². The van der Waals surface area contributed by atoms with Crippen molar-refractivity contribution in [3.8, 4) is 0 Å². The Labute approximate surface area is 96.1 Å². The van der Waals surface area contributed by atoms with Crippen LogP contribution < -0.4 is 5.73 Å². The summed E-state index contributed by atoms with van der Waals surface area (Å²) >= 11 is 5.76. The number of aliphatic hydroxyl groups excluding tert-OH is 1. The molecule has 6 nitrogen and oxygen atoms in total. The first kappa shape index (κ1) is 9.80. The van der Waals surface area contributed by atoms with Gasteiger partial charge in [0.1, 0.15) is 5.52 Å². The fourth-order valence-electron chi connectivity index (χ4n) is 1.92. The molecule has 1 saturated carbocycles. The van der Waals surface area contributed by atoms with Gasteiger partial charge in [0.05, 0.1) is 6.33 Å². The summed E-state index contributed by atoms with van der Waals surface area (Å²) in [6.07, 6.45) is 2.61. The maximum atomic E-state index is 9.04. The second-order valence-electron chi connectivity index (χ2n) is 3.95. The molecular weight excluding hydrogens is 230 g/mol. The number of rotatable bonds is 2. The van der Waals surface area contributed by atoms with Crippen LogP contribution in [0.15, 0.2) is 6.33 Å². The highest BCUT2D eigenvalue weighted by Gasteiger charge is 2.39. The lowest BCUT2D eigenvalue weighted by Crippen LogP contribution is -2.00. The smallest absolute Gasteiger partial charge is 0.226 e. The fourth-order valence-corrected chi connectivity index (χ4v) is 2.09. The van der Waals surface area contributed by atoms with Crippen LogP contribution in [-0.2, 0) is 0 Å². The number of hydrogen-bond acceptors (Lipinski definition) is 5. The maximum absolute atomic E-state index is 9.04. The number of halogens is 1. The van der Waals surface area contributed by atoms with Crippen LogP contribution in [0.5, 0.6) is 0 Å². The lowest BCUT2D eigenvalue weighted by molar-refractivity contribution is 0.269. The average Bonchev–Trinajstić information content (AvgIpc) is 2.91. The van der Waals surface area contributed by atoms with E-state index in [4.69, 9.17) is 22.4 Å².